The molecule has 0 spiro atoms. The first-order valence-electron chi connectivity index (χ1n) is 5.99. The van der Waals surface area contributed by atoms with Gasteiger partial charge in [0.2, 0.25) is 0 Å². The van der Waals surface area contributed by atoms with Crippen LogP contribution < -0.4 is 0 Å². The fraction of sp³-hybridized carbons (Fsp3) is 0.0667. The van der Waals surface area contributed by atoms with Crippen LogP contribution in [0, 0.1) is 0 Å². The number of para-hydroxylation sites is 1. The van der Waals surface area contributed by atoms with Gasteiger partial charge in [0.25, 0.3) is 0 Å². The Morgan fingerprint density at radius 2 is 1.95 bits per heavy atom. The predicted octanol–water partition coefficient (Wildman–Crippen LogP) is 3.88. The number of benzene rings is 2. The van der Waals surface area contributed by atoms with Crippen LogP contribution >= 0.6 is 15.9 Å². The summed E-state index contributed by atoms with van der Waals surface area (Å²) in [5.41, 5.74) is 2.11. The number of halogens is 1. The summed E-state index contributed by atoms with van der Waals surface area (Å²) in [4.78, 5) is 15.4. The van der Waals surface area contributed by atoms with Crippen molar-refractivity contribution in [2.75, 3.05) is 0 Å². The van der Waals surface area contributed by atoms with Crippen LogP contribution in [0.2, 0.25) is 0 Å². The molecule has 2 aromatic carbocycles. The zero-order chi connectivity index (χ0) is 14.1. The smallest absolute Gasteiger partial charge is 0.338 e. The highest BCUT2D eigenvalue weighted by Crippen LogP contribution is 2.22. The maximum absolute atomic E-state index is 11.1. The van der Waals surface area contributed by atoms with Gasteiger partial charge in [-0.05, 0) is 29.8 Å². The number of carbonyl (C=O) groups is 1. The van der Waals surface area contributed by atoms with E-state index in [4.69, 9.17) is 9.52 Å². The summed E-state index contributed by atoms with van der Waals surface area (Å²) in [7, 11) is 0. The van der Waals surface area contributed by atoms with E-state index in [1.54, 1.807) is 12.1 Å². The van der Waals surface area contributed by atoms with E-state index in [2.05, 4.69) is 20.9 Å². The van der Waals surface area contributed by atoms with Crippen molar-refractivity contribution >= 4 is 33.0 Å². The lowest BCUT2D eigenvalue weighted by Crippen LogP contribution is -1.97. The lowest BCUT2D eigenvalue weighted by atomic mass is 10.1. The first kappa shape index (κ1) is 12.9. The van der Waals surface area contributed by atoms with E-state index in [0.29, 0.717) is 23.4 Å². The number of nitrogens with zero attached hydrogens (tertiary/aromatic N) is 1. The van der Waals surface area contributed by atoms with Gasteiger partial charge < -0.3 is 9.52 Å². The molecule has 1 N–H and O–H groups in total. The van der Waals surface area contributed by atoms with E-state index in [1.807, 2.05) is 24.3 Å². The highest BCUT2D eigenvalue weighted by molar-refractivity contribution is 9.10. The number of carboxylic acid groups (broad SMARTS) is 1. The van der Waals surface area contributed by atoms with Gasteiger partial charge in [0.15, 0.2) is 11.5 Å². The molecule has 0 atom stereocenters. The Morgan fingerprint density at radius 3 is 2.65 bits per heavy atom. The lowest BCUT2D eigenvalue weighted by molar-refractivity contribution is 0.0699. The van der Waals surface area contributed by atoms with Gasteiger partial charge in [0.1, 0.15) is 5.52 Å². The molecule has 0 saturated heterocycles. The highest BCUT2D eigenvalue weighted by atomic mass is 79.9. The van der Waals surface area contributed by atoms with E-state index in [9.17, 15) is 4.79 Å². The molecule has 1 aromatic heterocycles. The number of carboxylic acids is 1. The molecular formula is C15H10BrNO3. The van der Waals surface area contributed by atoms with Crippen LogP contribution in [0.15, 0.2) is 51.4 Å². The molecule has 20 heavy (non-hydrogen) atoms. The lowest BCUT2D eigenvalue weighted by Gasteiger charge is -1.96. The third-order valence-electron chi connectivity index (χ3n) is 2.96. The molecule has 0 aliphatic heterocycles. The van der Waals surface area contributed by atoms with Crippen LogP contribution in [0.3, 0.4) is 0 Å². The Hall–Kier alpha value is -2.14. The molecule has 0 saturated carbocycles. The van der Waals surface area contributed by atoms with Crippen molar-refractivity contribution in [3.05, 3.63) is 64.0 Å². The van der Waals surface area contributed by atoms with Crippen molar-refractivity contribution in [3.63, 3.8) is 0 Å². The third-order valence-corrected chi connectivity index (χ3v) is 3.49. The Labute approximate surface area is 123 Å². The number of oxazole rings is 1. The number of fused-ring (bicyclic) bond motifs is 1. The minimum absolute atomic E-state index is 0.160. The van der Waals surface area contributed by atoms with E-state index >= 15 is 0 Å². The Morgan fingerprint density at radius 1 is 1.20 bits per heavy atom. The summed E-state index contributed by atoms with van der Waals surface area (Å²) in [6, 6.07) is 12.7. The number of rotatable bonds is 3. The SMILES string of the molecule is O=C(O)c1cccc2oc(Cc3ccc(Br)cc3)nc12. The van der Waals surface area contributed by atoms with E-state index < -0.39 is 5.97 Å². The maximum Gasteiger partial charge on any atom is 0.338 e. The molecular weight excluding hydrogens is 322 g/mol. The molecule has 0 unspecified atom stereocenters. The summed E-state index contributed by atoms with van der Waals surface area (Å²) in [6.07, 6.45) is 0.529. The summed E-state index contributed by atoms with van der Waals surface area (Å²) < 4.78 is 6.61. The number of hydrogen-bond acceptors (Lipinski definition) is 3. The fourth-order valence-corrected chi connectivity index (χ4v) is 2.28. The van der Waals surface area contributed by atoms with Gasteiger partial charge in [0.05, 0.1) is 5.56 Å². The van der Waals surface area contributed by atoms with Crippen LogP contribution in [-0.2, 0) is 6.42 Å². The zero-order valence-electron chi connectivity index (χ0n) is 10.3. The minimum atomic E-state index is -1.00. The molecule has 3 rings (SSSR count). The minimum Gasteiger partial charge on any atom is -0.478 e. The second-order valence-corrected chi connectivity index (χ2v) is 5.28. The van der Waals surface area contributed by atoms with Gasteiger partial charge in [0, 0.05) is 10.9 Å². The van der Waals surface area contributed by atoms with Crippen LogP contribution in [-0.4, -0.2) is 16.1 Å². The Bertz CT molecular complexity index is 777. The standard InChI is InChI=1S/C15H10BrNO3/c16-10-6-4-9(5-7-10)8-13-17-14-11(15(18)19)2-1-3-12(14)20-13/h1-7H,8H2,(H,18,19). The normalized spacial score (nSPS) is 10.8. The third kappa shape index (κ3) is 2.44. The van der Waals surface area contributed by atoms with Crippen molar-refractivity contribution in [1.82, 2.24) is 4.98 Å². The van der Waals surface area contributed by atoms with Gasteiger partial charge >= 0.3 is 5.97 Å². The molecule has 5 heteroatoms. The van der Waals surface area contributed by atoms with Crippen LogP contribution in [0.1, 0.15) is 21.8 Å². The topological polar surface area (TPSA) is 63.3 Å². The van der Waals surface area contributed by atoms with Gasteiger partial charge in [-0.2, -0.15) is 0 Å². The van der Waals surface area contributed by atoms with Crippen LogP contribution in [0.5, 0.6) is 0 Å². The summed E-state index contributed by atoms with van der Waals surface area (Å²) in [6.45, 7) is 0. The Kier molecular flexibility index (Phi) is 3.28. The first-order chi connectivity index (χ1) is 9.63. The van der Waals surface area contributed by atoms with Gasteiger partial charge in [-0.1, -0.05) is 34.1 Å². The predicted molar refractivity (Wildman–Crippen MR) is 77.9 cm³/mol. The fourth-order valence-electron chi connectivity index (χ4n) is 2.02. The molecule has 0 aliphatic carbocycles. The quantitative estimate of drug-likeness (QED) is 0.791. The van der Waals surface area contributed by atoms with Crippen molar-refractivity contribution in [1.29, 1.82) is 0 Å². The summed E-state index contributed by atoms with van der Waals surface area (Å²) in [5, 5.41) is 9.13. The molecule has 0 aliphatic rings. The van der Waals surface area contributed by atoms with Crippen molar-refractivity contribution in [2.45, 2.75) is 6.42 Å². The van der Waals surface area contributed by atoms with Gasteiger partial charge in [-0.15, -0.1) is 0 Å². The van der Waals surface area contributed by atoms with Crippen molar-refractivity contribution < 1.29 is 14.3 Å². The van der Waals surface area contributed by atoms with Gasteiger partial charge in [-0.25, -0.2) is 9.78 Å². The van der Waals surface area contributed by atoms with Gasteiger partial charge in [-0.3, -0.25) is 0 Å². The van der Waals surface area contributed by atoms with Crippen molar-refractivity contribution in [2.24, 2.45) is 0 Å². The molecule has 0 bridgehead atoms. The molecule has 3 aromatic rings. The largest absolute Gasteiger partial charge is 0.478 e. The number of hydrogen-bond donors (Lipinski definition) is 1. The molecule has 100 valence electrons. The number of aromatic carboxylic acids is 1. The van der Waals surface area contributed by atoms with E-state index in [0.717, 1.165) is 10.0 Å². The van der Waals surface area contributed by atoms with E-state index in [1.165, 1.54) is 6.07 Å². The molecule has 1 heterocycles. The monoisotopic (exact) mass is 331 g/mol. The summed E-state index contributed by atoms with van der Waals surface area (Å²) >= 11 is 3.38. The molecule has 0 radical (unpaired) electrons. The summed E-state index contributed by atoms with van der Waals surface area (Å²) in [5.74, 6) is -0.491. The zero-order valence-corrected chi connectivity index (χ0v) is 11.9. The molecule has 0 amide bonds. The van der Waals surface area contributed by atoms with E-state index in [-0.39, 0.29) is 5.56 Å². The second-order valence-electron chi connectivity index (χ2n) is 4.37. The van der Waals surface area contributed by atoms with Crippen LogP contribution in [0.25, 0.3) is 11.1 Å². The first-order valence-corrected chi connectivity index (χ1v) is 6.79. The number of aromatic nitrogens is 1. The molecule has 4 nitrogen and oxygen atoms in total. The average molecular weight is 332 g/mol. The van der Waals surface area contributed by atoms with Crippen LogP contribution in [0.4, 0.5) is 0 Å². The molecule has 0 fully saturated rings. The maximum atomic E-state index is 11.1. The Balaban J connectivity index is 1.99. The highest BCUT2D eigenvalue weighted by Gasteiger charge is 2.14. The van der Waals surface area contributed by atoms with Crippen molar-refractivity contribution in [3.8, 4) is 0 Å². The average Bonchev–Trinajstić information content (AvgIpc) is 2.83. The second kappa shape index (κ2) is 5.09.